The van der Waals surface area contributed by atoms with Crippen molar-refractivity contribution < 1.29 is 19.3 Å². The van der Waals surface area contributed by atoms with E-state index in [9.17, 15) is 0 Å². The number of aromatic nitrogens is 2. The van der Waals surface area contributed by atoms with Crippen molar-refractivity contribution in [1.29, 1.82) is 0 Å². The highest BCUT2D eigenvalue weighted by Crippen LogP contribution is 2.24. The molecular weight excluding hydrogens is 247 g/mol. The summed E-state index contributed by atoms with van der Waals surface area (Å²) in [6.07, 6.45) is 0. The summed E-state index contributed by atoms with van der Waals surface area (Å²) in [5.74, 6) is 0.378. The zero-order valence-corrected chi connectivity index (χ0v) is 9.72. The van der Waals surface area contributed by atoms with E-state index in [2.05, 4.69) is 14.9 Å². The molecule has 94 valence electrons. The predicted molar refractivity (Wildman–Crippen MR) is 68.1 cm³/mol. The average Bonchev–Trinajstić information content (AvgIpc) is 2.86. The van der Waals surface area contributed by atoms with E-state index < -0.39 is 7.32 Å². The van der Waals surface area contributed by atoms with Gasteiger partial charge in [-0.15, -0.1) is 0 Å². The van der Waals surface area contributed by atoms with Crippen LogP contribution in [0.5, 0.6) is 5.75 Å². The van der Waals surface area contributed by atoms with Crippen LogP contribution in [-0.4, -0.2) is 27.7 Å². The fraction of sp³-hybridized carbons (Fsp3) is 0. The van der Waals surface area contributed by atoms with Crippen LogP contribution in [0.1, 0.15) is 0 Å². The molecule has 1 aromatic heterocycles. The Morgan fingerprint density at radius 1 is 0.895 bits per heavy atom. The van der Waals surface area contributed by atoms with Gasteiger partial charge in [0.05, 0.1) is 0 Å². The lowest BCUT2D eigenvalue weighted by molar-refractivity contribution is 0.288. The first-order chi connectivity index (χ1) is 9.22. The fourth-order valence-corrected chi connectivity index (χ4v) is 1.81. The van der Waals surface area contributed by atoms with E-state index in [1.54, 1.807) is 12.1 Å². The third-order valence-electron chi connectivity index (χ3n) is 2.68. The summed E-state index contributed by atoms with van der Waals surface area (Å²) in [4.78, 5) is 0. The van der Waals surface area contributed by atoms with Crippen molar-refractivity contribution in [1.82, 2.24) is 10.3 Å². The number of fused-ring (bicyclic) bond motifs is 1. The highest BCUT2D eigenvalue weighted by Gasteiger charge is 2.11. The molecule has 0 fully saturated rings. The van der Waals surface area contributed by atoms with Crippen LogP contribution in [0, 0.1) is 0 Å². The standard InChI is InChI=1S/C12H9BN2O4/c16-13(17)18-10-4-1-8(2-5-10)9-3-6-11-12(7-9)15-19-14-11/h1-7,16-17H. The van der Waals surface area contributed by atoms with Gasteiger partial charge in [0.2, 0.25) is 0 Å². The molecule has 3 aromatic rings. The summed E-state index contributed by atoms with van der Waals surface area (Å²) in [7, 11) is -1.82. The SMILES string of the molecule is OB(O)Oc1ccc(-c2ccc3nonc3c2)cc1. The quantitative estimate of drug-likeness (QED) is 0.685. The van der Waals surface area contributed by atoms with Crippen LogP contribution in [0.3, 0.4) is 0 Å². The molecule has 0 aliphatic carbocycles. The van der Waals surface area contributed by atoms with E-state index in [0.717, 1.165) is 11.1 Å². The van der Waals surface area contributed by atoms with Gasteiger partial charge in [0.1, 0.15) is 16.8 Å². The lowest BCUT2D eigenvalue weighted by Gasteiger charge is -2.06. The molecule has 0 saturated carbocycles. The first kappa shape index (κ1) is 11.7. The maximum absolute atomic E-state index is 8.69. The molecule has 7 heteroatoms. The Morgan fingerprint density at radius 3 is 2.32 bits per heavy atom. The van der Waals surface area contributed by atoms with Crippen molar-refractivity contribution in [3.05, 3.63) is 42.5 Å². The van der Waals surface area contributed by atoms with E-state index in [1.165, 1.54) is 0 Å². The molecule has 0 amide bonds. The normalized spacial score (nSPS) is 10.6. The minimum atomic E-state index is -1.82. The van der Waals surface area contributed by atoms with Gasteiger partial charge in [-0.3, -0.25) is 0 Å². The van der Waals surface area contributed by atoms with Gasteiger partial charge in [-0.1, -0.05) is 18.2 Å². The zero-order valence-electron chi connectivity index (χ0n) is 9.72. The van der Waals surface area contributed by atoms with Crippen LogP contribution >= 0.6 is 0 Å². The third kappa shape index (κ3) is 2.42. The van der Waals surface area contributed by atoms with Crippen molar-refractivity contribution in [2.24, 2.45) is 0 Å². The molecule has 2 N–H and O–H groups in total. The number of benzene rings is 2. The topological polar surface area (TPSA) is 88.6 Å². The molecule has 0 atom stereocenters. The highest BCUT2D eigenvalue weighted by atomic mass is 16.6. The van der Waals surface area contributed by atoms with E-state index in [-0.39, 0.29) is 0 Å². The van der Waals surface area contributed by atoms with E-state index in [0.29, 0.717) is 16.8 Å². The molecule has 6 nitrogen and oxygen atoms in total. The van der Waals surface area contributed by atoms with Crippen molar-refractivity contribution >= 4 is 18.4 Å². The van der Waals surface area contributed by atoms with Crippen molar-refractivity contribution in [3.8, 4) is 16.9 Å². The fourth-order valence-electron chi connectivity index (χ4n) is 1.81. The molecular formula is C12H9BN2O4. The van der Waals surface area contributed by atoms with E-state index in [4.69, 9.17) is 14.7 Å². The summed E-state index contributed by atoms with van der Waals surface area (Å²) in [5, 5.41) is 24.9. The number of hydrogen-bond donors (Lipinski definition) is 2. The Morgan fingerprint density at radius 2 is 1.58 bits per heavy atom. The highest BCUT2D eigenvalue weighted by molar-refractivity contribution is 6.33. The average molecular weight is 256 g/mol. The minimum absolute atomic E-state index is 0.378. The first-order valence-corrected chi connectivity index (χ1v) is 5.58. The van der Waals surface area contributed by atoms with Crippen LogP contribution in [0.4, 0.5) is 0 Å². The Labute approximate surface area is 108 Å². The smallest absolute Gasteiger partial charge is 0.512 e. The predicted octanol–water partition coefficient (Wildman–Crippen LogP) is 1.24. The van der Waals surface area contributed by atoms with Gasteiger partial charge in [0.25, 0.3) is 0 Å². The summed E-state index contributed by atoms with van der Waals surface area (Å²) in [5.41, 5.74) is 3.29. The second kappa shape index (κ2) is 4.71. The Kier molecular flexibility index (Phi) is 2.90. The molecule has 0 saturated heterocycles. The lowest BCUT2D eigenvalue weighted by atomic mass is 10.0. The Hall–Kier alpha value is -2.38. The maximum atomic E-state index is 8.69. The van der Waals surface area contributed by atoms with Gasteiger partial charge in [0, 0.05) is 0 Å². The Bertz CT molecular complexity index is 696. The Balaban J connectivity index is 1.92. The van der Waals surface area contributed by atoms with Gasteiger partial charge < -0.3 is 14.7 Å². The molecule has 1 heterocycles. The van der Waals surface area contributed by atoms with Gasteiger partial charge >= 0.3 is 7.32 Å². The molecule has 19 heavy (non-hydrogen) atoms. The van der Waals surface area contributed by atoms with E-state index >= 15 is 0 Å². The van der Waals surface area contributed by atoms with Crippen molar-refractivity contribution in [3.63, 3.8) is 0 Å². The van der Waals surface area contributed by atoms with Crippen LogP contribution in [0.25, 0.3) is 22.2 Å². The monoisotopic (exact) mass is 256 g/mol. The summed E-state index contributed by atoms with van der Waals surface area (Å²) < 4.78 is 9.38. The molecule has 0 bridgehead atoms. The maximum Gasteiger partial charge on any atom is 0.707 e. The number of nitrogens with zero attached hydrogens (tertiary/aromatic N) is 2. The van der Waals surface area contributed by atoms with E-state index in [1.807, 2.05) is 30.3 Å². The molecule has 0 spiro atoms. The number of rotatable bonds is 3. The van der Waals surface area contributed by atoms with Crippen LogP contribution < -0.4 is 4.65 Å². The molecule has 0 aliphatic rings. The molecule has 0 radical (unpaired) electrons. The molecule has 0 unspecified atom stereocenters. The van der Waals surface area contributed by atoms with Gasteiger partial charge in [-0.2, -0.15) is 0 Å². The van der Waals surface area contributed by atoms with Gasteiger partial charge in [0.15, 0.2) is 0 Å². The summed E-state index contributed by atoms with van der Waals surface area (Å²) in [6.45, 7) is 0. The van der Waals surface area contributed by atoms with Crippen molar-refractivity contribution in [2.45, 2.75) is 0 Å². The zero-order chi connectivity index (χ0) is 13.2. The van der Waals surface area contributed by atoms with Crippen LogP contribution in [0.2, 0.25) is 0 Å². The van der Waals surface area contributed by atoms with Gasteiger partial charge in [-0.25, -0.2) is 4.63 Å². The van der Waals surface area contributed by atoms with Crippen LogP contribution in [0.15, 0.2) is 47.1 Å². The van der Waals surface area contributed by atoms with Crippen LogP contribution in [-0.2, 0) is 0 Å². The second-order valence-corrected chi connectivity index (χ2v) is 3.94. The largest absolute Gasteiger partial charge is 0.707 e. The second-order valence-electron chi connectivity index (χ2n) is 3.94. The third-order valence-corrected chi connectivity index (χ3v) is 2.68. The molecule has 3 rings (SSSR count). The summed E-state index contributed by atoms with van der Waals surface area (Å²) in [6, 6.07) is 12.5. The van der Waals surface area contributed by atoms with Crippen molar-refractivity contribution in [2.75, 3.05) is 0 Å². The minimum Gasteiger partial charge on any atom is -0.512 e. The summed E-state index contributed by atoms with van der Waals surface area (Å²) >= 11 is 0. The molecule has 2 aromatic carbocycles. The number of hydrogen-bond acceptors (Lipinski definition) is 6. The molecule has 0 aliphatic heterocycles. The first-order valence-electron chi connectivity index (χ1n) is 5.58. The lowest BCUT2D eigenvalue weighted by Crippen LogP contribution is -2.20. The van der Waals surface area contributed by atoms with Gasteiger partial charge in [-0.05, 0) is 45.7 Å².